The number of carbonyl (C=O) groups is 3. The Hall–Kier alpha value is -3.39. The van der Waals surface area contributed by atoms with Crippen LogP contribution in [0.15, 0.2) is 24.3 Å². The van der Waals surface area contributed by atoms with Crippen LogP contribution in [0.1, 0.15) is 59.3 Å². The third kappa shape index (κ3) is 4.60. The van der Waals surface area contributed by atoms with Gasteiger partial charge in [0.1, 0.15) is 10.7 Å². The van der Waals surface area contributed by atoms with Gasteiger partial charge in [-0.05, 0) is 38.8 Å². The maximum Gasteiger partial charge on any atom is 0.343 e. The molecule has 0 saturated heterocycles. The van der Waals surface area contributed by atoms with Crippen molar-refractivity contribution >= 4 is 29.3 Å². The predicted molar refractivity (Wildman–Crippen MR) is 118 cm³/mol. The monoisotopic (exact) mass is 457 g/mol. The normalized spacial score (nSPS) is 10.8. The highest BCUT2D eigenvalue weighted by Crippen LogP contribution is 2.23. The number of H-pyrrole nitrogens is 1. The molecular weight excluding hydrogens is 434 g/mol. The second kappa shape index (κ2) is 9.40. The van der Waals surface area contributed by atoms with Gasteiger partial charge in [0, 0.05) is 5.69 Å². The number of ether oxygens (including phenoxy) is 2. The molecule has 0 aliphatic carbocycles. The Morgan fingerprint density at radius 2 is 1.69 bits per heavy atom. The largest absolute Gasteiger partial charge is 0.465 e. The summed E-state index contributed by atoms with van der Waals surface area (Å²) in [7, 11) is 1.27. The Labute approximate surface area is 190 Å². The topological polar surface area (TPSA) is 103 Å². The second-order valence-electron chi connectivity index (χ2n) is 7.51. The molecule has 0 aliphatic heterocycles. The number of aryl methyl sites for hydroxylation is 3. The quantitative estimate of drug-likeness (QED) is 0.425. The Balaban J connectivity index is 1.73. The number of nitrogens with zero attached hydrogens (tertiary/aromatic N) is 2. The van der Waals surface area contributed by atoms with Crippen molar-refractivity contribution in [3.8, 4) is 0 Å². The predicted octanol–water partition coefficient (Wildman–Crippen LogP) is 3.97. The van der Waals surface area contributed by atoms with Crippen LogP contribution >= 0.6 is 11.6 Å². The van der Waals surface area contributed by atoms with E-state index in [-0.39, 0.29) is 16.4 Å². The zero-order chi connectivity index (χ0) is 23.6. The highest BCUT2D eigenvalue weighted by molar-refractivity contribution is 6.32. The van der Waals surface area contributed by atoms with Gasteiger partial charge in [0.2, 0.25) is 5.78 Å². The number of halogens is 1. The van der Waals surface area contributed by atoms with Crippen molar-refractivity contribution in [1.29, 1.82) is 0 Å². The SMILES string of the molecule is COC(=O)c1c(C)[nH]c(C(=O)COC(=O)c2c(C)nn(Cc3ccc(C)cc3)c2Cl)c1C. The standard InChI is InChI=1S/C23H24ClN3O5/c1-12-6-8-16(9-7-12)10-27-21(24)19(15(4)26-27)23(30)32-11-17(28)20-13(2)18(14(3)25-20)22(29)31-5/h6-9,25H,10-11H2,1-5H3. The molecule has 168 valence electrons. The van der Waals surface area contributed by atoms with E-state index in [9.17, 15) is 14.4 Å². The van der Waals surface area contributed by atoms with E-state index in [2.05, 4.69) is 10.1 Å². The number of benzene rings is 1. The lowest BCUT2D eigenvalue weighted by Crippen LogP contribution is -2.16. The average Bonchev–Trinajstić information content (AvgIpc) is 3.21. The van der Waals surface area contributed by atoms with E-state index in [1.54, 1.807) is 20.8 Å². The van der Waals surface area contributed by atoms with Gasteiger partial charge in [-0.3, -0.25) is 4.79 Å². The molecule has 0 amide bonds. The van der Waals surface area contributed by atoms with E-state index in [1.807, 2.05) is 31.2 Å². The third-order valence-corrected chi connectivity index (χ3v) is 5.55. The first-order chi connectivity index (χ1) is 15.1. The van der Waals surface area contributed by atoms with Crippen LogP contribution in [0, 0.1) is 27.7 Å². The molecule has 0 aliphatic rings. The molecule has 0 bridgehead atoms. The van der Waals surface area contributed by atoms with Gasteiger partial charge in [-0.2, -0.15) is 5.10 Å². The zero-order valence-corrected chi connectivity index (χ0v) is 19.3. The Morgan fingerprint density at radius 3 is 2.31 bits per heavy atom. The summed E-state index contributed by atoms with van der Waals surface area (Å²) in [6, 6.07) is 7.89. The van der Waals surface area contributed by atoms with Crippen molar-refractivity contribution in [3.63, 3.8) is 0 Å². The van der Waals surface area contributed by atoms with Gasteiger partial charge in [0.25, 0.3) is 0 Å². The van der Waals surface area contributed by atoms with Crippen LogP contribution in [0.2, 0.25) is 5.15 Å². The lowest BCUT2D eigenvalue weighted by Gasteiger charge is -2.06. The first-order valence-electron chi connectivity index (χ1n) is 9.90. The van der Waals surface area contributed by atoms with Crippen molar-refractivity contribution in [2.75, 3.05) is 13.7 Å². The van der Waals surface area contributed by atoms with Crippen LogP contribution in [0.4, 0.5) is 0 Å². The van der Waals surface area contributed by atoms with Gasteiger partial charge in [-0.15, -0.1) is 0 Å². The molecule has 9 heteroatoms. The second-order valence-corrected chi connectivity index (χ2v) is 7.87. The molecule has 0 radical (unpaired) electrons. The fraction of sp³-hybridized carbons (Fsp3) is 0.304. The molecule has 2 aromatic heterocycles. The number of hydrogen-bond acceptors (Lipinski definition) is 6. The number of Topliss-reactive ketones (excluding diaryl/α,β-unsaturated/α-hetero) is 1. The summed E-state index contributed by atoms with van der Waals surface area (Å²) in [5.41, 5.74) is 4.05. The summed E-state index contributed by atoms with van der Waals surface area (Å²) in [4.78, 5) is 40.0. The minimum Gasteiger partial charge on any atom is -0.465 e. The number of ketones is 1. The van der Waals surface area contributed by atoms with Crippen molar-refractivity contribution in [2.45, 2.75) is 34.2 Å². The first-order valence-corrected chi connectivity index (χ1v) is 10.3. The molecule has 3 aromatic rings. The van der Waals surface area contributed by atoms with Crippen molar-refractivity contribution in [2.24, 2.45) is 0 Å². The molecule has 0 atom stereocenters. The molecule has 32 heavy (non-hydrogen) atoms. The molecule has 1 N–H and O–H groups in total. The maximum absolute atomic E-state index is 12.6. The number of aromatic amines is 1. The summed E-state index contributed by atoms with van der Waals surface area (Å²) < 4.78 is 11.5. The van der Waals surface area contributed by atoms with E-state index in [4.69, 9.17) is 21.1 Å². The molecule has 0 fully saturated rings. The average molecular weight is 458 g/mol. The third-order valence-electron chi connectivity index (χ3n) is 5.16. The smallest absolute Gasteiger partial charge is 0.343 e. The number of esters is 2. The molecule has 1 aromatic carbocycles. The van der Waals surface area contributed by atoms with Crippen LogP contribution in [0.5, 0.6) is 0 Å². The van der Waals surface area contributed by atoms with Crippen molar-refractivity contribution < 1.29 is 23.9 Å². The number of nitrogens with one attached hydrogen (secondary N) is 1. The number of hydrogen-bond donors (Lipinski definition) is 1. The number of rotatable bonds is 7. The molecular formula is C23H24ClN3O5. The summed E-state index contributed by atoms with van der Waals surface area (Å²) in [6.45, 7) is 6.81. The van der Waals surface area contributed by atoms with Crippen LogP contribution < -0.4 is 0 Å². The summed E-state index contributed by atoms with van der Waals surface area (Å²) in [5, 5.41) is 4.47. The van der Waals surface area contributed by atoms with Gasteiger partial charge in [0.05, 0.1) is 30.6 Å². The lowest BCUT2D eigenvalue weighted by atomic mass is 10.1. The van der Waals surface area contributed by atoms with E-state index < -0.39 is 24.3 Å². The van der Waals surface area contributed by atoms with Crippen molar-refractivity contribution in [1.82, 2.24) is 14.8 Å². The fourth-order valence-corrected chi connectivity index (χ4v) is 3.78. The molecule has 0 saturated carbocycles. The van der Waals surface area contributed by atoms with Gasteiger partial charge >= 0.3 is 11.9 Å². The molecule has 8 nitrogen and oxygen atoms in total. The van der Waals surface area contributed by atoms with Gasteiger partial charge in [0.15, 0.2) is 6.61 Å². The fourth-order valence-electron chi connectivity index (χ4n) is 3.47. The highest BCUT2D eigenvalue weighted by Gasteiger charge is 2.25. The molecule has 0 spiro atoms. The Morgan fingerprint density at radius 1 is 1.03 bits per heavy atom. The molecule has 2 heterocycles. The van der Waals surface area contributed by atoms with Crippen LogP contribution in [-0.4, -0.2) is 46.2 Å². The van der Waals surface area contributed by atoms with Crippen LogP contribution in [-0.2, 0) is 16.0 Å². The van der Waals surface area contributed by atoms with Crippen LogP contribution in [0.25, 0.3) is 0 Å². The lowest BCUT2D eigenvalue weighted by molar-refractivity contribution is 0.0472. The first kappa shape index (κ1) is 23.3. The van der Waals surface area contributed by atoms with E-state index in [0.29, 0.717) is 29.1 Å². The summed E-state index contributed by atoms with van der Waals surface area (Å²) in [5.74, 6) is -1.77. The minimum absolute atomic E-state index is 0.112. The maximum atomic E-state index is 12.6. The minimum atomic E-state index is -0.745. The number of carbonyl (C=O) groups excluding carboxylic acids is 3. The van der Waals surface area contributed by atoms with E-state index in [0.717, 1.165) is 11.1 Å². The van der Waals surface area contributed by atoms with Gasteiger partial charge in [-0.25, -0.2) is 14.3 Å². The molecule has 0 unspecified atom stereocenters. The van der Waals surface area contributed by atoms with Gasteiger partial charge in [-0.1, -0.05) is 41.4 Å². The van der Waals surface area contributed by atoms with Crippen LogP contribution in [0.3, 0.4) is 0 Å². The van der Waals surface area contributed by atoms with E-state index >= 15 is 0 Å². The molecule has 3 rings (SSSR count). The van der Waals surface area contributed by atoms with Gasteiger partial charge < -0.3 is 14.5 Å². The number of aromatic nitrogens is 3. The number of methoxy groups -OCH3 is 1. The Bertz CT molecular complexity index is 1190. The van der Waals surface area contributed by atoms with Crippen molar-refractivity contribution in [3.05, 3.63) is 74.3 Å². The summed E-state index contributed by atoms with van der Waals surface area (Å²) in [6.07, 6.45) is 0. The van der Waals surface area contributed by atoms with E-state index in [1.165, 1.54) is 11.8 Å². The zero-order valence-electron chi connectivity index (χ0n) is 18.5. The Kier molecular flexibility index (Phi) is 6.84. The summed E-state index contributed by atoms with van der Waals surface area (Å²) >= 11 is 6.40. The highest BCUT2D eigenvalue weighted by atomic mass is 35.5.